The van der Waals surface area contributed by atoms with Gasteiger partial charge in [-0.3, -0.25) is 14.6 Å². The zero-order valence-corrected chi connectivity index (χ0v) is 12.4. The molecule has 1 aromatic carbocycles. The Morgan fingerprint density at radius 3 is 3.00 bits per heavy atom. The van der Waals surface area contributed by atoms with Crippen molar-refractivity contribution in [1.82, 2.24) is 4.98 Å². The molecule has 6 nitrogen and oxygen atoms in total. The van der Waals surface area contributed by atoms with Crippen molar-refractivity contribution in [3.05, 3.63) is 64.8 Å². The number of anilines is 1. The minimum absolute atomic E-state index is 0.00494. The number of rotatable bonds is 4. The molecule has 3 rings (SSSR count). The van der Waals surface area contributed by atoms with Gasteiger partial charge < -0.3 is 14.5 Å². The van der Waals surface area contributed by atoms with Gasteiger partial charge in [-0.05, 0) is 31.2 Å². The van der Waals surface area contributed by atoms with Crippen LogP contribution in [0.2, 0.25) is 0 Å². The highest BCUT2D eigenvalue weighted by Gasteiger charge is 2.09. The molecule has 0 aliphatic heterocycles. The van der Waals surface area contributed by atoms with Gasteiger partial charge in [0.05, 0.1) is 11.2 Å². The SMILES string of the molecule is Cc1cc(=O)c(OCC(=O)Nc2cccc3ncccc23)co1. The predicted molar refractivity (Wildman–Crippen MR) is 85.6 cm³/mol. The Morgan fingerprint density at radius 1 is 1.30 bits per heavy atom. The normalized spacial score (nSPS) is 10.5. The molecule has 0 spiro atoms. The highest BCUT2D eigenvalue weighted by Crippen LogP contribution is 2.21. The Balaban J connectivity index is 1.70. The maximum absolute atomic E-state index is 12.0. The van der Waals surface area contributed by atoms with Crippen LogP contribution in [0.15, 0.2) is 58.1 Å². The van der Waals surface area contributed by atoms with Crippen LogP contribution in [0.5, 0.6) is 5.75 Å². The third-order valence-electron chi connectivity index (χ3n) is 3.21. The van der Waals surface area contributed by atoms with Crippen molar-refractivity contribution in [2.45, 2.75) is 6.92 Å². The lowest BCUT2D eigenvalue weighted by Crippen LogP contribution is -2.22. The van der Waals surface area contributed by atoms with E-state index in [1.54, 1.807) is 31.3 Å². The first-order valence-corrected chi connectivity index (χ1v) is 6.99. The molecule has 2 aromatic heterocycles. The molecule has 0 aliphatic rings. The summed E-state index contributed by atoms with van der Waals surface area (Å²) in [4.78, 5) is 27.9. The number of ether oxygens (including phenoxy) is 1. The largest absolute Gasteiger partial charge is 0.477 e. The van der Waals surface area contributed by atoms with E-state index < -0.39 is 0 Å². The summed E-state index contributed by atoms with van der Waals surface area (Å²) in [6, 6.07) is 10.4. The van der Waals surface area contributed by atoms with Crippen molar-refractivity contribution < 1.29 is 13.9 Å². The van der Waals surface area contributed by atoms with Gasteiger partial charge in [0, 0.05) is 17.6 Å². The number of hydrogen-bond acceptors (Lipinski definition) is 5. The monoisotopic (exact) mass is 310 g/mol. The Kier molecular flexibility index (Phi) is 4.05. The van der Waals surface area contributed by atoms with Crippen LogP contribution in [-0.2, 0) is 4.79 Å². The molecule has 0 atom stereocenters. The number of benzene rings is 1. The first-order valence-electron chi connectivity index (χ1n) is 6.99. The van der Waals surface area contributed by atoms with Gasteiger partial charge in [-0.2, -0.15) is 0 Å². The molecule has 0 fully saturated rings. The van der Waals surface area contributed by atoms with E-state index in [9.17, 15) is 9.59 Å². The summed E-state index contributed by atoms with van der Waals surface area (Å²) in [6.45, 7) is 1.37. The van der Waals surface area contributed by atoms with Gasteiger partial charge in [0.1, 0.15) is 12.0 Å². The smallest absolute Gasteiger partial charge is 0.262 e. The highest BCUT2D eigenvalue weighted by atomic mass is 16.5. The number of carbonyl (C=O) groups excluding carboxylic acids is 1. The van der Waals surface area contributed by atoms with E-state index in [-0.39, 0.29) is 23.7 Å². The average Bonchev–Trinajstić information content (AvgIpc) is 2.54. The number of nitrogens with zero attached hydrogens (tertiary/aromatic N) is 1. The lowest BCUT2D eigenvalue weighted by molar-refractivity contribution is -0.118. The van der Waals surface area contributed by atoms with Crippen molar-refractivity contribution in [2.75, 3.05) is 11.9 Å². The van der Waals surface area contributed by atoms with Crippen LogP contribution < -0.4 is 15.5 Å². The lowest BCUT2D eigenvalue weighted by Gasteiger charge is -2.09. The van der Waals surface area contributed by atoms with Gasteiger partial charge in [0.15, 0.2) is 6.61 Å². The van der Waals surface area contributed by atoms with Gasteiger partial charge in [-0.25, -0.2) is 0 Å². The topological polar surface area (TPSA) is 81.4 Å². The average molecular weight is 310 g/mol. The van der Waals surface area contributed by atoms with Gasteiger partial charge in [0.25, 0.3) is 5.91 Å². The standard InChI is InChI=1S/C17H14N2O4/c1-11-8-15(20)16(9-22-11)23-10-17(21)19-14-6-2-5-13-12(14)4-3-7-18-13/h2-9H,10H2,1H3,(H,19,21). The minimum atomic E-state index is -0.374. The molecule has 0 bridgehead atoms. The summed E-state index contributed by atoms with van der Waals surface area (Å²) in [5.74, 6) is 0.113. The first kappa shape index (κ1) is 14.8. The van der Waals surface area contributed by atoms with E-state index in [0.717, 1.165) is 10.9 Å². The number of hydrogen-bond donors (Lipinski definition) is 1. The fourth-order valence-corrected chi connectivity index (χ4v) is 2.14. The molecule has 0 unspecified atom stereocenters. The second kappa shape index (κ2) is 6.31. The first-order chi connectivity index (χ1) is 11.1. The van der Waals surface area contributed by atoms with Crippen LogP contribution in [0.1, 0.15) is 5.76 Å². The van der Waals surface area contributed by atoms with Crippen LogP contribution in [0.3, 0.4) is 0 Å². The quantitative estimate of drug-likeness (QED) is 0.800. The molecule has 3 aromatic rings. The highest BCUT2D eigenvalue weighted by molar-refractivity contribution is 6.01. The Labute approximate surface area is 131 Å². The second-order valence-corrected chi connectivity index (χ2v) is 4.93. The van der Waals surface area contributed by atoms with Crippen LogP contribution in [0, 0.1) is 6.92 Å². The molecule has 0 radical (unpaired) electrons. The molecular formula is C17H14N2O4. The summed E-state index contributed by atoms with van der Waals surface area (Å²) in [5, 5.41) is 3.58. The molecule has 6 heteroatoms. The molecule has 0 saturated heterocycles. The van der Waals surface area contributed by atoms with Crippen LogP contribution in [0.4, 0.5) is 5.69 Å². The number of aryl methyl sites for hydroxylation is 1. The predicted octanol–water partition coefficient (Wildman–Crippen LogP) is 2.51. The molecule has 2 heterocycles. The van der Waals surface area contributed by atoms with E-state index in [1.807, 2.05) is 12.1 Å². The van der Waals surface area contributed by atoms with E-state index >= 15 is 0 Å². The van der Waals surface area contributed by atoms with Crippen molar-refractivity contribution in [2.24, 2.45) is 0 Å². The third-order valence-corrected chi connectivity index (χ3v) is 3.21. The van der Waals surface area contributed by atoms with E-state index in [1.165, 1.54) is 12.3 Å². The number of pyridine rings is 1. The summed E-state index contributed by atoms with van der Waals surface area (Å²) in [7, 11) is 0. The number of carbonyl (C=O) groups is 1. The number of nitrogens with one attached hydrogen (secondary N) is 1. The fraction of sp³-hybridized carbons (Fsp3) is 0.118. The molecular weight excluding hydrogens is 296 g/mol. The van der Waals surface area contributed by atoms with Gasteiger partial charge in [-0.15, -0.1) is 0 Å². The fourth-order valence-electron chi connectivity index (χ4n) is 2.14. The van der Waals surface area contributed by atoms with Crippen molar-refractivity contribution >= 4 is 22.5 Å². The van der Waals surface area contributed by atoms with E-state index in [0.29, 0.717) is 11.4 Å². The number of aromatic nitrogens is 1. The summed E-state index contributed by atoms with van der Waals surface area (Å²) in [5.41, 5.74) is 1.10. The maximum atomic E-state index is 12.0. The zero-order valence-electron chi connectivity index (χ0n) is 12.4. The molecule has 0 aliphatic carbocycles. The van der Waals surface area contributed by atoms with Crippen molar-refractivity contribution in [1.29, 1.82) is 0 Å². The van der Waals surface area contributed by atoms with Gasteiger partial charge in [0.2, 0.25) is 11.2 Å². The van der Waals surface area contributed by atoms with Crippen LogP contribution in [-0.4, -0.2) is 17.5 Å². The zero-order chi connectivity index (χ0) is 16.2. The van der Waals surface area contributed by atoms with E-state index in [2.05, 4.69) is 10.3 Å². The van der Waals surface area contributed by atoms with Crippen molar-refractivity contribution in [3.63, 3.8) is 0 Å². The van der Waals surface area contributed by atoms with E-state index in [4.69, 9.17) is 9.15 Å². The molecule has 1 amide bonds. The summed E-state index contributed by atoms with van der Waals surface area (Å²) >= 11 is 0. The molecule has 1 N–H and O–H groups in total. The summed E-state index contributed by atoms with van der Waals surface area (Å²) in [6.07, 6.45) is 2.89. The minimum Gasteiger partial charge on any atom is -0.477 e. The van der Waals surface area contributed by atoms with Crippen LogP contribution in [0.25, 0.3) is 10.9 Å². The number of fused-ring (bicyclic) bond motifs is 1. The number of amides is 1. The molecule has 0 saturated carbocycles. The third kappa shape index (κ3) is 3.37. The molecule has 116 valence electrons. The lowest BCUT2D eigenvalue weighted by atomic mass is 10.2. The molecule has 23 heavy (non-hydrogen) atoms. The Bertz CT molecular complexity index is 912. The van der Waals surface area contributed by atoms with Gasteiger partial charge in [-0.1, -0.05) is 6.07 Å². The maximum Gasteiger partial charge on any atom is 0.262 e. The van der Waals surface area contributed by atoms with Crippen LogP contribution >= 0.6 is 0 Å². The van der Waals surface area contributed by atoms with Gasteiger partial charge >= 0.3 is 0 Å². The Hall–Kier alpha value is -3.15. The Morgan fingerprint density at radius 2 is 2.17 bits per heavy atom. The second-order valence-electron chi connectivity index (χ2n) is 4.93. The van der Waals surface area contributed by atoms with Crippen molar-refractivity contribution in [3.8, 4) is 5.75 Å². The summed E-state index contributed by atoms with van der Waals surface area (Å²) < 4.78 is 10.3.